The lowest BCUT2D eigenvalue weighted by Crippen LogP contribution is -2.40. The van der Waals surface area contributed by atoms with Gasteiger partial charge in [-0.15, -0.1) is 0 Å². The van der Waals surface area contributed by atoms with Crippen molar-refractivity contribution in [2.45, 2.75) is 25.0 Å². The zero-order valence-electron chi connectivity index (χ0n) is 11.8. The molecule has 1 aromatic heterocycles. The van der Waals surface area contributed by atoms with E-state index in [1.54, 1.807) is 13.2 Å². The van der Waals surface area contributed by atoms with Crippen LogP contribution in [0, 0.1) is 5.82 Å². The van der Waals surface area contributed by atoms with Gasteiger partial charge in [-0.1, -0.05) is 0 Å². The lowest BCUT2D eigenvalue weighted by atomic mass is 9.88. The molecule has 1 fully saturated rings. The number of halogens is 2. The van der Waals surface area contributed by atoms with E-state index in [0.29, 0.717) is 16.6 Å². The smallest absolute Gasteiger partial charge is 0.339 e. The van der Waals surface area contributed by atoms with Gasteiger partial charge in [-0.2, -0.15) is 0 Å². The van der Waals surface area contributed by atoms with Gasteiger partial charge in [0.2, 0.25) is 0 Å². The van der Waals surface area contributed by atoms with Gasteiger partial charge in [-0.05, 0) is 34.8 Å². The zero-order valence-corrected chi connectivity index (χ0v) is 13.4. The van der Waals surface area contributed by atoms with E-state index >= 15 is 0 Å². The second kappa shape index (κ2) is 5.81. The minimum atomic E-state index is -1.07. The molecule has 1 aliphatic carbocycles. The maximum absolute atomic E-state index is 13.6. The molecule has 2 N–H and O–H groups in total. The van der Waals surface area contributed by atoms with Crippen LogP contribution in [-0.4, -0.2) is 35.3 Å². The van der Waals surface area contributed by atoms with Gasteiger partial charge < -0.3 is 15.2 Å². The van der Waals surface area contributed by atoms with Crippen LogP contribution in [0.15, 0.2) is 22.8 Å². The van der Waals surface area contributed by atoms with Crippen molar-refractivity contribution in [1.29, 1.82) is 0 Å². The van der Waals surface area contributed by atoms with Crippen LogP contribution in [0.1, 0.15) is 23.2 Å². The third-order valence-corrected chi connectivity index (χ3v) is 4.52. The summed E-state index contributed by atoms with van der Waals surface area (Å²) in [5.74, 6) is -1.50. The Bertz CT molecular complexity index is 747. The van der Waals surface area contributed by atoms with Gasteiger partial charge in [-0.3, -0.25) is 4.98 Å². The molecule has 0 amide bonds. The number of ether oxygens (including phenoxy) is 1. The molecule has 2 aromatic rings. The van der Waals surface area contributed by atoms with Gasteiger partial charge in [0.25, 0.3) is 0 Å². The van der Waals surface area contributed by atoms with E-state index in [-0.39, 0.29) is 22.2 Å². The largest absolute Gasteiger partial charge is 0.478 e. The van der Waals surface area contributed by atoms with Crippen LogP contribution in [0.2, 0.25) is 0 Å². The van der Waals surface area contributed by atoms with Crippen molar-refractivity contribution in [2.75, 3.05) is 12.4 Å². The summed E-state index contributed by atoms with van der Waals surface area (Å²) >= 11 is 3.13. The summed E-state index contributed by atoms with van der Waals surface area (Å²) in [4.78, 5) is 15.5. The molecule has 3 rings (SSSR count). The quantitative estimate of drug-likeness (QED) is 0.864. The Balaban J connectivity index is 2.05. The fourth-order valence-electron chi connectivity index (χ4n) is 2.58. The van der Waals surface area contributed by atoms with Gasteiger partial charge in [-0.25, -0.2) is 9.18 Å². The van der Waals surface area contributed by atoms with Crippen molar-refractivity contribution in [2.24, 2.45) is 0 Å². The molecule has 5 nitrogen and oxygen atoms in total. The van der Waals surface area contributed by atoms with Crippen LogP contribution in [0.25, 0.3) is 10.9 Å². The van der Waals surface area contributed by atoms with Crippen LogP contribution in [-0.2, 0) is 4.74 Å². The van der Waals surface area contributed by atoms with Gasteiger partial charge in [0, 0.05) is 30.8 Å². The molecule has 0 saturated heterocycles. The first kappa shape index (κ1) is 15.2. The number of aromatic nitrogens is 1. The summed E-state index contributed by atoms with van der Waals surface area (Å²) in [6.07, 6.45) is 3.07. The van der Waals surface area contributed by atoms with Gasteiger partial charge in [0.15, 0.2) is 0 Å². The lowest BCUT2D eigenvalue weighted by Gasteiger charge is -2.35. The van der Waals surface area contributed by atoms with Gasteiger partial charge in [0.05, 0.1) is 21.8 Å². The summed E-state index contributed by atoms with van der Waals surface area (Å²) < 4.78 is 19.1. The fraction of sp³-hybridized carbons (Fsp3) is 0.333. The molecule has 22 heavy (non-hydrogen) atoms. The minimum absolute atomic E-state index is 0.0758. The Hall–Kier alpha value is -1.73. The van der Waals surface area contributed by atoms with Crippen LogP contribution in [0.5, 0.6) is 0 Å². The van der Waals surface area contributed by atoms with Crippen molar-refractivity contribution in [3.8, 4) is 0 Å². The summed E-state index contributed by atoms with van der Waals surface area (Å²) in [6, 6.07) is 2.98. The van der Waals surface area contributed by atoms with Crippen LogP contribution < -0.4 is 5.32 Å². The highest BCUT2D eigenvalue weighted by Crippen LogP contribution is 2.34. The van der Waals surface area contributed by atoms with Crippen LogP contribution in [0.3, 0.4) is 0 Å². The average molecular weight is 369 g/mol. The Kier molecular flexibility index (Phi) is 4.01. The van der Waals surface area contributed by atoms with Crippen molar-refractivity contribution in [3.63, 3.8) is 0 Å². The number of hydrogen-bond acceptors (Lipinski definition) is 4. The number of rotatable bonds is 4. The van der Waals surface area contributed by atoms with E-state index in [2.05, 4.69) is 26.2 Å². The van der Waals surface area contributed by atoms with Gasteiger partial charge >= 0.3 is 5.97 Å². The standard InChI is InChI=1S/C15H14BrFN2O3/c1-22-8-2-7(3-8)19-14-9-4-11(16)12(17)5-13(9)18-6-10(14)15(20)21/h4-8H,2-3H2,1H3,(H,18,19)(H,20,21)/t7-,8+. The molecule has 1 aliphatic rings. The summed E-state index contributed by atoms with van der Waals surface area (Å²) in [6.45, 7) is 0. The first-order valence-corrected chi connectivity index (χ1v) is 7.59. The van der Waals surface area contributed by atoms with Crippen molar-refractivity contribution in [3.05, 3.63) is 34.2 Å². The summed E-state index contributed by atoms with van der Waals surface area (Å²) in [7, 11) is 1.66. The highest BCUT2D eigenvalue weighted by atomic mass is 79.9. The molecule has 1 aromatic carbocycles. The van der Waals surface area contributed by atoms with Crippen molar-refractivity contribution >= 4 is 38.5 Å². The van der Waals surface area contributed by atoms with E-state index in [0.717, 1.165) is 12.8 Å². The minimum Gasteiger partial charge on any atom is -0.478 e. The molecule has 116 valence electrons. The van der Waals surface area contributed by atoms with E-state index in [1.165, 1.54) is 12.3 Å². The molecule has 1 saturated carbocycles. The maximum atomic E-state index is 13.6. The first-order valence-electron chi connectivity index (χ1n) is 6.80. The number of anilines is 1. The van der Waals surface area contributed by atoms with E-state index in [4.69, 9.17) is 4.74 Å². The molecule has 7 heteroatoms. The van der Waals surface area contributed by atoms with E-state index in [9.17, 15) is 14.3 Å². The Morgan fingerprint density at radius 1 is 1.50 bits per heavy atom. The molecule has 1 heterocycles. The number of fused-ring (bicyclic) bond motifs is 1. The SMILES string of the molecule is CO[C@H]1C[C@@H](Nc2c(C(=O)O)cnc3cc(F)c(Br)cc23)C1. The van der Waals surface area contributed by atoms with Gasteiger partial charge in [0.1, 0.15) is 11.4 Å². The number of nitrogens with one attached hydrogen (secondary N) is 1. The second-order valence-electron chi connectivity index (χ2n) is 5.31. The Morgan fingerprint density at radius 3 is 2.86 bits per heavy atom. The van der Waals surface area contributed by atoms with Crippen molar-refractivity contribution in [1.82, 2.24) is 4.98 Å². The number of aromatic carboxylic acids is 1. The average Bonchev–Trinajstić information content (AvgIpc) is 2.43. The molecule has 0 bridgehead atoms. The maximum Gasteiger partial charge on any atom is 0.339 e. The third-order valence-electron chi connectivity index (χ3n) is 3.92. The van der Waals surface area contributed by atoms with E-state index in [1.807, 2.05) is 0 Å². The molecular formula is C15H14BrFN2O3. The highest BCUT2D eigenvalue weighted by Gasteiger charge is 2.30. The normalized spacial score (nSPS) is 20.7. The topological polar surface area (TPSA) is 71.5 Å². The number of pyridine rings is 1. The number of carboxylic acids is 1. The van der Waals surface area contributed by atoms with Crippen LogP contribution >= 0.6 is 15.9 Å². The fourth-order valence-corrected chi connectivity index (χ4v) is 2.93. The molecule has 0 aliphatic heterocycles. The monoisotopic (exact) mass is 368 g/mol. The molecule has 0 spiro atoms. The second-order valence-corrected chi connectivity index (χ2v) is 6.16. The van der Waals surface area contributed by atoms with Crippen LogP contribution in [0.4, 0.5) is 10.1 Å². The number of hydrogen-bond donors (Lipinski definition) is 2. The first-order chi connectivity index (χ1) is 10.5. The zero-order chi connectivity index (χ0) is 15.9. The van der Waals surface area contributed by atoms with E-state index < -0.39 is 11.8 Å². The summed E-state index contributed by atoms with van der Waals surface area (Å²) in [5.41, 5.74) is 0.959. The number of nitrogens with zero attached hydrogens (tertiary/aromatic N) is 1. The lowest BCUT2D eigenvalue weighted by molar-refractivity contribution is 0.0329. The molecular weight excluding hydrogens is 355 g/mol. The number of carbonyl (C=O) groups is 1. The Morgan fingerprint density at radius 2 is 2.23 bits per heavy atom. The predicted molar refractivity (Wildman–Crippen MR) is 83.8 cm³/mol. The highest BCUT2D eigenvalue weighted by molar-refractivity contribution is 9.10. The summed E-state index contributed by atoms with van der Waals surface area (Å²) in [5, 5.41) is 13.2. The number of carboxylic acid groups (broad SMARTS) is 1. The third kappa shape index (κ3) is 2.66. The molecule has 0 unspecified atom stereocenters. The Labute approximate surface area is 134 Å². The number of methoxy groups -OCH3 is 1. The van der Waals surface area contributed by atoms with Crippen molar-refractivity contribution < 1.29 is 19.0 Å². The predicted octanol–water partition coefficient (Wildman–Crippen LogP) is 3.42. The molecule has 0 radical (unpaired) electrons. The number of benzene rings is 1. The molecule has 0 atom stereocenters.